The van der Waals surface area contributed by atoms with Gasteiger partial charge < -0.3 is 19.3 Å². The molecule has 0 atom stereocenters. The third-order valence-electron chi connectivity index (χ3n) is 3.55. The van der Waals surface area contributed by atoms with Gasteiger partial charge in [0.2, 0.25) is 5.76 Å². The van der Waals surface area contributed by atoms with E-state index in [0.29, 0.717) is 24.6 Å². The summed E-state index contributed by atoms with van der Waals surface area (Å²) in [7, 11) is 0. The van der Waals surface area contributed by atoms with Crippen molar-refractivity contribution in [3.8, 4) is 11.5 Å². The fraction of sp³-hybridized carbons (Fsp3) is 0.412. The van der Waals surface area contributed by atoms with Gasteiger partial charge >= 0.3 is 0 Å². The van der Waals surface area contributed by atoms with Crippen molar-refractivity contribution in [3.05, 3.63) is 41.3 Å². The molecule has 1 aliphatic heterocycles. The number of hydrogen-bond donors (Lipinski definition) is 1. The molecule has 3 rings (SSSR count). The highest BCUT2D eigenvalue weighted by Crippen LogP contribution is 2.41. The predicted molar refractivity (Wildman–Crippen MR) is 83.9 cm³/mol. The summed E-state index contributed by atoms with van der Waals surface area (Å²) < 4.78 is 16.6. The molecule has 122 valence electrons. The number of carbonyl (C=O) groups is 1. The fourth-order valence-electron chi connectivity index (χ4n) is 2.58. The SMILES string of the molecule is Cc1cc(C(=O)NCCOc2cccc3c2OC(C)(C)C3)on1. The summed E-state index contributed by atoms with van der Waals surface area (Å²) in [5.74, 6) is 1.41. The average molecular weight is 316 g/mol. The number of aromatic nitrogens is 1. The Morgan fingerprint density at radius 1 is 1.43 bits per heavy atom. The van der Waals surface area contributed by atoms with Gasteiger partial charge in [-0.05, 0) is 26.8 Å². The van der Waals surface area contributed by atoms with Gasteiger partial charge in [-0.15, -0.1) is 0 Å². The van der Waals surface area contributed by atoms with Crippen molar-refractivity contribution in [1.82, 2.24) is 10.5 Å². The molecule has 0 aliphatic carbocycles. The smallest absolute Gasteiger partial charge is 0.290 e. The van der Waals surface area contributed by atoms with E-state index in [-0.39, 0.29) is 17.3 Å². The Balaban J connectivity index is 1.52. The summed E-state index contributed by atoms with van der Waals surface area (Å²) >= 11 is 0. The number of carbonyl (C=O) groups excluding carboxylic acids is 1. The maximum absolute atomic E-state index is 11.8. The molecule has 0 unspecified atom stereocenters. The standard InChI is InChI=1S/C17H20N2O4/c1-11-9-14(23-19-11)16(20)18-7-8-21-13-6-4-5-12-10-17(2,3)22-15(12)13/h4-6,9H,7-8,10H2,1-3H3,(H,18,20). The topological polar surface area (TPSA) is 73.6 Å². The fourth-order valence-corrected chi connectivity index (χ4v) is 2.58. The first-order valence-corrected chi connectivity index (χ1v) is 7.60. The van der Waals surface area contributed by atoms with Crippen LogP contribution < -0.4 is 14.8 Å². The Morgan fingerprint density at radius 3 is 3.00 bits per heavy atom. The third-order valence-corrected chi connectivity index (χ3v) is 3.55. The van der Waals surface area contributed by atoms with Gasteiger partial charge in [-0.3, -0.25) is 4.79 Å². The van der Waals surface area contributed by atoms with Gasteiger partial charge in [0.25, 0.3) is 5.91 Å². The van der Waals surface area contributed by atoms with Gasteiger partial charge in [0.1, 0.15) is 12.2 Å². The van der Waals surface area contributed by atoms with E-state index >= 15 is 0 Å². The van der Waals surface area contributed by atoms with E-state index in [0.717, 1.165) is 17.7 Å². The minimum Gasteiger partial charge on any atom is -0.488 e. The monoisotopic (exact) mass is 316 g/mol. The van der Waals surface area contributed by atoms with Crippen LogP contribution in [0.4, 0.5) is 0 Å². The zero-order valence-corrected chi connectivity index (χ0v) is 13.5. The van der Waals surface area contributed by atoms with Crippen LogP contribution in [0.5, 0.6) is 11.5 Å². The lowest BCUT2D eigenvalue weighted by molar-refractivity contribution is 0.0909. The molecule has 23 heavy (non-hydrogen) atoms. The number of nitrogens with one attached hydrogen (secondary N) is 1. The van der Waals surface area contributed by atoms with Gasteiger partial charge in [0.15, 0.2) is 11.5 Å². The summed E-state index contributed by atoms with van der Waals surface area (Å²) in [5.41, 5.74) is 1.61. The van der Waals surface area contributed by atoms with Crippen molar-refractivity contribution < 1.29 is 18.8 Å². The van der Waals surface area contributed by atoms with Crippen molar-refractivity contribution >= 4 is 5.91 Å². The first-order chi connectivity index (χ1) is 10.9. The minimum atomic E-state index is -0.301. The van der Waals surface area contributed by atoms with Crippen molar-refractivity contribution in [3.63, 3.8) is 0 Å². The van der Waals surface area contributed by atoms with Gasteiger partial charge in [-0.1, -0.05) is 17.3 Å². The van der Waals surface area contributed by atoms with Crippen LogP contribution in [0.2, 0.25) is 0 Å². The average Bonchev–Trinajstić information content (AvgIpc) is 3.05. The van der Waals surface area contributed by atoms with E-state index in [1.54, 1.807) is 13.0 Å². The first-order valence-electron chi connectivity index (χ1n) is 7.60. The molecule has 1 N–H and O–H groups in total. The Bertz CT molecular complexity index is 721. The third kappa shape index (κ3) is 3.47. The molecule has 0 saturated carbocycles. The maximum Gasteiger partial charge on any atom is 0.290 e. The predicted octanol–water partition coefficient (Wildman–Crippen LogP) is 2.51. The van der Waals surface area contributed by atoms with Crippen molar-refractivity contribution in [2.45, 2.75) is 32.8 Å². The zero-order chi connectivity index (χ0) is 16.4. The lowest BCUT2D eigenvalue weighted by Crippen LogP contribution is -2.28. The van der Waals surface area contributed by atoms with Crippen molar-refractivity contribution in [2.75, 3.05) is 13.2 Å². The van der Waals surface area contributed by atoms with Crippen LogP contribution >= 0.6 is 0 Å². The van der Waals surface area contributed by atoms with Crippen LogP contribution in [-0.2, 0) is 6.42 Å². The normalized spacial score (nSPS) is 14.9. The lowest BCUT2D eigenvalue weighted by Gasteiger charge is -2.18. The molecule has 2 heterocycles. The summed E-state index contributed by atoms with van der Waals surface area (Å²) in [4.78, 5) is 11.8. The highest BCUT2D eigenvalue weighted by atomic mass is 16.5. The van der Waals surface area contributed by atoms with Gasteiger partial charge in [-0.2, -0.15) is 0 Å². The Hall–Kier alpha value is -2.50. The molecule has 0 saturated heterocycles. The van der Waals surface area contributed by atoms with E-state index in [9.17, 15) is 4.79 Å². The van der Waals surface area contributed by atoms with Gasteiger partial charge in [-0.25, -0.2) is 0 Å². The maximum atomic E-state index is 11.8. The van der Waals surface area contributed by atoms with E-state index < -0.39 is 0 Å². The number of fused-ring (bicyclic) bond motifs is 1. The summed E-state index contributed by atoms with van der Waals surface area (Å²) in [6.45, 7) is 6.58. The molecule has 2 aromatic rings. The second kappa shape index (κ2) is 5.95. The Labute approximate surface area is 134 Å². The minimum absolute atomic E-state index is 0.202. The molecule has 0 bridgehead atoms. The summed E-state index contributed by atoms with van der Waals surface area (Å²) in [6, 6.07) is 7.47. The highest BCUT2D eigenvalue weighted by molar-refractivity contribution is 5.91. The van der Waals surface area contributed by atoms with E-state index in [4.69, 9.17) is 14.0 Å². The van der Waals surface area contributed by atoms with E-state index in [1.165, 1.54) is 0 Å². The number of para-hydroxylation sites is 1. The molecule has 1 aromatic carbocycles. The van der Waals surface area contributed by atoms with Gasteiger partial charge in [0.05, 0.1) is 12.2 Å². The van der Waals surface area contributed by atoms with Crippen molar-refractivity contribution in [1.29, 1.82) is 0 Å². The second-order valence-corrected chi connectivity index (χ2v) is 6.22. The molecule has 1 aliphatic rings. The number of ether oxygens (including phenoxy) is 2. The highest BCUT2D eigenvalue weighted by Gasteiger charge is 2.32. The van der Waals surface area contributed by atoms with Crippen LogP contribution in [0, 0.1) is 6.92 Å². The number of rotatable bonds is 5. The number of amides is 1. The molecule has 0 radical (unpaired) electrons. The van der Waals surface area contributed by atoms with Gasteiger partial charge in [0, 0.05) is 18.1 Å². The van der Waals surface area contributed by atoms with Crippen LogP contribution in [0.25, 0.3) is 0 Å². The Kier molecular flexibility index (Phi) is 3.98. The number of aryl methyl sites for hydroxylation is 1. The molecule has 1 amide bonds. The number of benzene rings is 1. The number of hydrogen-bond acceptors (Lipinski definition) is 5. The Morgan fingerprint density at radius 2 is 2.26 bits per heavy atom. The molecule has 0 fully saturated rings. The second-order valence-electron chi connectivity index (χ2n) is 6.22. The number of nitrogens with zero attached hydrogens (tertiary/aromatic N) is 1. The largest absolute Gasteiger partial charge is 0.488 e. The van der Waals surface area contributed by atoms with Crippen molar-refractivity contribution in [2.24, 2.45) is 0 Å². The zero-order valence-electron chi connectivity index (χ0n) is 13.5. The quantitative estimate of drug-likeness (QED) is 0.858. The molecule has 6 heteroatoms. The lowest BCUT2D eigenvalue weighted by atomic mass is 10.0. The molecular formula is C17H20N2O4. The van der Waals surface area contributed by atoms with Crippen LogP contribution in [0.15, 0.2) is 28.8 Å². The van der Waals surface area contributed by atoms with Crippen LogP contribution in [-0.4, -0.2) is 29.8 Å². The summed E-state index contributed by atoms with van der Waals surface area (Å²) in [5, 5.41) is 6.41. The molecule has 0 spiro atoms. The molecule has 6 nitrogen and oxygen atoms in total. The van der Waals surface area contributed by atoms with E-state index in [1.807, 2.05) is 18.2 Å². The van der Waals surface area contributed by atoms with E-state index in [2.05, 4.69) is 24.3 Å². The van der Waals surface area contributed by atoms with Crippen LogP contribution in [0.1, 0.15) is 35.7 Å². The first kappa shape index (κ1) is 15.4. The van der Waals surface area contributed by atoms with Crippen LogP contribution in [0.3, 0.4) is 0 Å². The summed E-state index contributed by atoms with van der Waals surface area (Å²) in [6.07, 6.45) is 0.862. The molecular weight excluding hydrogens is 296 g/mol. The molecule has 1 aromatic heterocycles.